The Hall–Kier alpha value is -2.75. The maximum absolute atomic E-state index is 12.3. The molecule has 3 aromatic rings. The van der Waals surface area contributed by atoms with Crippen molar-refractivity contribution in [2.45, 2.75) is 5.16 Å². The number of Topliss-reactive ketones (excluding diaryl/α,β-unsaturated/α-hetero) is 1. The predicted molar refractivity (Wildman–Crippen MR) is 116 cm³/mol. The number of anilines is 1. The summed E-state index contributed by atoms with van der Waals surface area (Å²) in [4.78, 5) is 12.3. The summed E-state index contributed by atoms with van der Waals surface area (Å²) in [7, 11) is 1.57. The first-order valence-electron chi connectivity index (χ1n) is 8.22. The fourth-order valence-corrected chi connectivity index (χ4v) is 3.42. The van der Waals surface area contributed by atoms with Crippen molar-refractivity contribution in [3.63, 3.8) is 0 Å². The number of carbonyl (C=O) groups excluding carboxylic acids is 1. The lowest BCUT2D eigenvalue weighted by molar-refractivity contribution is 0.102. The highest BCUT2D eigenvalue weighted by molar-refractivity contribution is 7.99. The largest absolute Gasteiger partial charge is 0.497 e. The number of benzene rings is 2. The van der Waals surface area contributed by atoms with Gasteiger partial charge in [-0.05, 0) is 36.4 Å². The van der Waals surface area contributed by atoms with Crippen molar-refractivity contribution in [2.24, 2.45) is 5.10 Å². The second kappa shape index (κ2) is 9.64. The molecule has 0 aliphatic heterocycles. The van der Waals surface area contributed by atoms with Crippen LogP contribution >= 0.6 is 35.0 Å². The molecule has 1 heterocycles. The van der Waals surface area contributed by atoms with Gasteiger partial charge in [0.05, 0.1) is 24.1 Å². The Morgan fingerprint density at radius 1 is 1.28 bits per heavy atom. The van der Waals surface area contributed by atoms with E-state index in [-0.39, 0.29) is 17.5 Å². The molecule has 0 fully saturated rings. The Balaban J connectivity index is 1.58. The highest BCUT2D eigenvalue weighted by Gasteiger charge is 2.13. The number of hydrogen-bond acceptors (Lipinski definition) is 8. The number of halogens is 2. The summed E-state index contributed by atoms with van der Waals surface area (Å²) in [6.45, 7) is 0. The maximum atomic E-state index is 12.3. The molecule has 150 valence electrons. The molecule has 29 heavy (non-hydrogen) atoms. The van der Waals surface area contributed by atoms with E-state index in [1.165, 1.54) is 22.7 Å². The van der Waals surface area contributed by atoms with Gasteiger partial charge in [0.1, 0.15) is 5.75 Å². The molecule has 1 aromatic heterocycles. The third-order valence-electron chi connectivity index (χ3n) is 3.74. The van der Waals surface area contributed by atoms with Crippen LogP contribution in [0.2, 0.25) is 10.0 Å². The molecule has 8 nitrogen and oxygen atoms in total. The van der Waals surface area contributed by atoms with E-state index in [1.54, 1.807) is 49.6 Å². The number of nitrogens with two attached hydrogens (primary N) is 1. The van der Waals surface area contributed by atoms with Gasteiger partial charge in [-0.1, -0.05) is 41.0 Å². The molecule has 0 saturated heterocycles. The van der Waals surface area contributed by atoms with Crippen molar-refractivity contribution >= 4 is 52.9 Å². The van der Waals surface area contributed by atoms with Crippen molar-refractivity contribution < 1.29 is 9.53 Å². The Labute approximate surface area is 181 Å². The van der Waals surface area contributed by atoms with Gasteiger partial charge in [0.25, 0.3) is 5.95 Å². The van der Waals surface area contributed by atoms with Crippen LogP contribution in [0.25, 0.3) is 0 Å². The van der Waals surface area contributed by atoms with Gasteiger partial charge in [0.15, 0.2) is 5.78 Å². The Morgan fingerprint density at radius 3 is 2.72 bits per heavy atom. The van der Waals surface area contributed by atoms with Crippen LogP contribution in [0.3, 0.4) is 0 Å². The molecule has 0 aliphatic rings. The van der Waals surface area contributed by atoms with Gasteiger partial charge < -0.3 is 10.6 Å². The van der Waals surface area contributed by atoms with Crippen molar-refractivity contribution in [3.8, 4) is 5.75 Å². The van der Waals surface area contributed by atoms with Crippen LogP contribution < -0.4 is 16.0 Å². The fourth-order valence-electron chi connectivity index (χ4n) is 2.21. The minimum Gasteiger partial charge on any atom is -0.497 e. The molecule has 0 atom stereocenters. The van der Waals surface area contributed by atoms with E-state index in [4.69, 9.17) is 33.8 Å². The highest BCUT2D eigenvalue weighted by atomic mass is 35.5. The molecule has 0 aliphatic carbocycles. The minimum atomic E-state index is -0.0643. The van der Waals surface area contributed by atoms with E-state index < -0.39 is 0 Å². The number of rotatable bonds is 8. The lowest BCUT2D eigenvalue weighted by Crippen LogP contribution is -2.14. The van der Waals surface area contributed by atoms with Crippen molar-refractivity contribution in [1.82, 2.24) is 14.9 Å². The van der Waals surface area contributed by atoms with E-state index in [1.807, 2.05) is 0 Å². The summed E-state index contributed by atoms with van der Waals surface area (Å²) in [6.07, 6.45) is 1.51. The predicted octanol–water partition coefficient (Wildman–Crippen LogP) is 3.73. The monoisotopic (exact) mass is 450 g/mol. The molecule has 2 aromatic carbocycles. The second-order valence-electron chi connectivity index (χ2n) is 5.65. The normalized spacial score (nSPS) is 11.0. The van der Waals surface area contributed by atoms with Crippen LogP contribution in [0, 0.1) is 0 Å². The van der Waals surface area contributed by atoms with Crippen molar-refractivity contribution in [3.05, 3.63) is 63.6 Å². The molecule has 3 N–H and O–H groups in total. The Bertz CT molecular complexity index is 1040. The van der Waals surface area contributed by atoms with Gasteiger partial charge in [-0.15, -0.1) is 10.2 Å². The number of aromatic nitrogens is 3. The van der Waals surface area contributed by atoms with Gasteiger partial charge >= 0.3 is 0 Å². The first-order valence-corrected chi connectivity index (χ1v) is 9.96. The van der Waals surface area contributed by atoms with E-state index in [2.05, 4.69) is 20.7 Å². The molecular formula is C18H16Cl2N6O2S. The average molecular weight is 451 g/mol. The zero-order chi connectivity index (χ0) is 20.8. The van der Waals surface area contributed by atoms with Crippen molar-refractivity contribution in [1.29, 1.82) is 0 Å². The summed E-state index contributed by atoms with van der Waals surface area (Å²) in [5.74, 6) is 6.95. The third-order valence-corrected chi connectivity index (χ3v) is 5.25. The number of carbonyl (C=O) groups is 1. The van der Waals surface area contributed by atoms with Gasteiger partial charge in [-0.25, -0.2) is 10.1 Å². The molecule has 0 saturated carbocycles. The van der Waals surface area contributed by atoms with Crippen LogP contribution in [-0.4, -0.2) is 39.7 Å². The second-order valence-corrected chi connectivity index (χ2v) is 7.44. The third kappa shape index (κ3) is 5.41. The maximum Gasteiger partial charge on any atom is 0.264 e. The smallest absolute Gasteiger partial charge is 0.264 e. The average Bonchev–Trinajstić information content (AvgIpc) is 3.07. The summed E-state index contributed by atoms with van der Waals surface area (Å²) in [5.41, 5.74) is 3.93. The number of nitrogens with one attached hydrogen (secondary N) is 1. The molecule has 0 radical (unpaired) electrons. The number of methoxy groups -OCH3 is 1. The summed E-state index contributed by atoms with van der Waals surface area (Å²) in [5, 5.41) is 13.3. The molecule has 11 heteroatoms. The minimum absolute atomic E-state index is 0.0643. The van der Waals surface area contributed by atoms with Crippen LogP contribution in [0.4, 0.5) is 5.95 Å². The number of ether oxygens (including phenoxy) is 1. The summed E-state index contributed by atoms with van der Waals surface area (Å²) >= 11 is 13.1. The van der Waals surface area contributed by atoms with E-state index in [0.717, 1.165) is 0 Å². The highest BCUT2D eigenvalue weighted by Crippen LogP contribution is 2.21. The molecular weight excluding hydrogens is 435 g/mol. The molecule has 0 amide bonds. The molecule has 3 rings (SSSR count). The number of hydrazone groups is 1. The van der Waals surface area contributed by atoms with E-state index >= 15 is 0 Å². The SMILES string of the molecule is COc1ccc(C(=O)CSc2nnc(N/N=C/c3ccc(Cl)cc3Cl)n2N)cc1. The van der Waals surface area contributed by atoms with Crippen LogP contribution in [-0.2, 0) is 0 Å². The quantitative estimate of drug-likeness (QED) is 0.177. The molecule has 0 spiro atoms. The number of ketones is 1. The zero-order valence-electron chi connectivity index (χ0n) is 15.2. The first-order chi connectivity index (χ1) is 14.0. The van der Waals surface area contributed by atoms with Gasteiger partial charge in [-0.3, -0.25) is 4.79 Å². The lowest BCUT2D eigenvalue weighted by Gasteiger charge is -2.04. The number of hydrogen-bond donors (Lipinski definition) is 2. The summed E-state index contributed by atoms with van der Waals surface area (Å²) in [6, 6.07) is 11.9. The fraction of sp³-hybridized carbons (Fsp3) is 0.111. The van der Waals surface area contributed by atoms with Crippen molar-refractivity contribution in [2.75, 3.05) is 24.1 Å². The van der Waals surface area contributed by atoms with Crippen LogP contribution in [0.5, 0.6) is 5.75 Å². The molecule has 0 unspecified atom stereocenters. The van der Waals surface area contributed by atoms with Crippen LogP contribution in [0.15, 0.2) is 52.7 Å². The molecule has 0 bridgehead atoms. The Kier molecular flexibility index (Phi) is 6.97. The van der Waals surface area contributed by atoms with E-state index in [9.17, 15) is 4.79 Å². The number of thioether (sulfide) groups is 1. The lowest BCUT2D eigenvalue weighted by atomic mass is 10.1. The summed E-state index contributed by atoms with van der Waals surface area (Å²) < 4.78 is 6.30. The first kappa shape index (κ1) is 21.0. The topological polar surface area (TPSA) is 107 Å². The van der Waals surface area contributed by atoms with E-state index in [0.29, 0.717) is 32.1 Å². The Morgan fingerprint density at radius 2 is 2.03 bits per heavy atom. The van der Waals surface area contributed by atoms with Gasteiger partial charge in [0.2, 0.25) is 5.16 Å². The van der Waals surface area contributed by atoms with Gasteiger partial charge in [0, 0.05) is 16.1 Å². The van der Waals surface area contributed by atoms with Gasteiger partial charge in [-0.2, -0.15) is 5.10 Å². The number of nitrogen functional groups attached to an aromatic ring is 1. The number of nitrogens with zero attached hydrogens (tertiary/aromatic N) is 4. The standard InChI is InChI=1S/C18H16Cl2N6O2S/c1-28-14-6-3-11(4-7-14)16(27)10-29-18-25-24-17(26(18)21)23-22-9-12-2-5-13(19)8-15(12)20/h2-9H,10,21H2,1H3,(H,23,24)/b22-9+. The van der Waals surface area contributed by atoms with Crippen LogP contribution in [0.1, 0.15) is 15.9 Å². The zero-order valence-corrected chi connectivity index (χ0v) is 17.5.